The SMILES string of the molecule is CCOc1cc(/C=N/N2C(=O)CSC2=S)cc(I)c1OCc1cccc2ccccc12. The van der Waals surface area contributed by atoms with Crippen LogP contribution in [0.1, 0.15) is 18.1 Å². The molecule has 0 saturated carbocycles. The van der Waals surface area contributed by atoms with E-state index in [0.717, 1.165) is 14.7 Å². The van der Waals surface area contributed by atoms with Gasteiger partial charge in [0.05, 0.1) is 22.1 Å². The first kappa shape index (κ1) is 22.0. The van der Waals surface area contributed by atoms with Crippen molar-refractivity contribution < 1.29 is 14.3 Å². The van der Waals surface area contributed by atoms with Crippen LogP contribution >= 0.6 is 46.6 Å². The van der Waals surface area contributed by atoms with Crippen molar-refractivity contribution in [3.05, 3.63) is 69.3 Å². The molecule has 1 heterocycles. The summed E-state index contributed by atoms with van der Waals surface area (Å²) in [5.74, 6) is 1.55. The molecule has 4 rings (SSSR count). The van der Waals surface area contributed by atoms with E-state index >= 15 is 0 Å². The van der Waals surface area contributed by atoms with E-state index in [1.807, 2.05) is 37.3 Å². The summed E-state index contributed by atoms with van der Waals surface area (Å²) in [4.78, 5) is 11.9. The third-order valence-electron chi connectivity index (χ3n) is 4.63. The van der Waals surface area contributed by atoms with Crippen LogP contribution in [0.2, 0.25) is 0 Å². The number of fused-ring (bicyclic) bond motifs is 1. The van der Waals surface area contributed by atoms with Gasteiger partial charge in [-0.15, -0.1) is 0 Å². The summed E-state index contributed by atoms with van der Waals surface area (Å²) in [6, 6.07) is 18.3. The first-order chi connectivity index (χ1) is 15.1. The predicted molar refractivity (Wildman–Crippen MR) is 138 cm³/mol. The Kier molecular flexibility index (Phi) is 7.09. The van der Waals surface area contributed by atoms with E-state index < -0.39 is 0 Å². The Balaban J connectivity index is 1.59. The highest BCUT2D eigenvalue weighted by atomic mass is 127. The molecule has 0 aliphatic carbocycles. The monoisotopic (exact) mass is 562 g/mol. The van der Waals surface area contributed by atoms with Crippen molar-refractivity contribution in [3.63, 3.8) is 0 Å². The molecule has 3 aromatic rings. The molecule has 0 N–H and O–H groups in total. The van der Waals surface area contributed by atoms with Gasteiger partial charge in [0.1, 0.15) is 6.61 Å². The maximum absolute atomic E-state index is 11.9. The van der Waals surface area contributed by atoms with Gasteiger partial charge < -0.3 is 9.47 Å². The first-order valence-electron chi connectivity index (χ1n) is 9.66. The number of amides is 1. The minimum Gasteiger partial charge on any atom is -0.490 e. The molecule has 31 heavy (non-hydrogen) atoms. The van der Waals surface area contributed by atoms with Crippen molar-refractivity contribution >= 4 is 73.8 Å². The molecular formula is C23H19IN2O3S2. The highest BCUT2D eigenvalue weighted by molar-refractivity contribution is 14.1. The number of thioether (sulfide) groups is 1. The maximum atomic E-state index is 11.9. The lowest BCUT2D eigenvalue weighted by atomic mass is 10.1. The molecule has 1 aliphatic rings. The predicted octanol–water partition coefficient (Wildman–Crippen LogP) is 5.62. The number of benzene rings is 3. The fourth-order valence-electron chi connectivity index (χ4n) is 3.22. The van der Waals surface area contributed by atoms with Gasteiger partial charge in [-0.3, -0.25) is 4.79 Å². The second kappa shape index (κ2) is 9.97. The van der Waals surface area contributed by atoms with E-state index in [2.05, 4.69) is 52.0 Å². The molecule has 0 atom stereocenters. The Morgan fingerprint density at radius 2 is 2.00 bits per heavy atom. The number of carbonyl (C=O) groups excluding carboxylic acids is 1. The summed E-state index contributed by atoms with van der Waals surface area (Å²) in [6.45, 7) is 2.87. The zero-order chi connectivity index (χ0) is 21.8. The van der Waals surface area contributed by atoms with E-state index in [1.165, 1.54) is 27.5 Å². The van der Waals surface area contributed by atoms with E-state index in [0.29, 0.717) is 34.8 Å². The number of carbonyl (C=O) groups is 1. The summed E-state index contributed by atoms with van der Waals surface area (Å²) in [7, 11) is 0. The topological polar surface area (TPSA) is 51.1 Å². The Bertz CT molecular complexity index is 1160. The van der Waals surface area contributed by atoms with Crippen LogP contribution in [0.5, 0.6) is 11.5 Å². The normalized spacial score (nSPS) is 14.1. The van der Waals surface area contributed by atoms with Crippen molar-refractivity contribution in [2.45, 2.75) is 13.5 Å². The number of nitrogens with zero attached hydrogens (tertiary/aromatic N) is 2. The van der Waals surface area contributed by atoms with E-state index in [1.54, 1.807) is 6.21 Å². The molecule has 5 nitrogen and oxygen atoms in total. The Labute approximate surface area is 203 Å². The number of ether oxygens (including phenoxy) is 2. The quantitative estimate of drug-likeness (QED) is 0.213. The molecule has 1 fully saturated rings. The van der Waals surface area contributed by atoms with Crippen LogP contribution in [0.25, 0.3) is 10.8 Å². The fraction of sp³-hybridized carbons (Fsp3) is 0.174. The Hall–Kier alpha value is -2.17. The number of hydrogen-bond donors (Lipinski definition) is 0. The lowest BCUT2D eigenvalue weighted by molar-refractivity contribution is -0.123. The molecule has 1 amide bonds. The van der Waals surface area contributed by atoms with Gasteiger partial charge in [0.15, 0.2) is 15.8 Å². The van der Waals surface area contributed by atoms with Crippen molar-refractivity contribution in [2.24, 2.45) is 5.10 Å². The molecule has 158 valence electrons. The molecule has 8 heteroatoms. The summed E-state index contributed by atoms with van der Waals surface area (Å²) in [6.07, 6.45) is 1.62. The average molecular weight is 562 g/mol. The fourth-order valence-corrected chi connectivity index (χ4v) is 4.96. The first-order valence-corrected chi connectivity index (χ1v) is 12.1. The van der Waals surface area contributed by atoms with Gasteiger partial charge in [0, 0.05) is 0 Å². The minimum atomic E-state index is -0.110. The van der Waals surface area contributed by atoms with Crippen molar-refractivity contribution in [1.29, 1.82) is 0 Å². The lowest BCUT2D eigenvalue weighted by Gasteiger charge is -2.16. The van der Waals surface area contributed by atoms with Gasteiger partial charge in [0.25, 0.3) is 5.91 Å². The van der Waals surface area contributed by atoms with Gasteiger partial charge in [-0.05, 0) is 63.5 Å². The molecule has 1 aliphatic heterocycles. The largest absolute Gasteiger partial charge is 0.490 e. The standard InChI is InChI=1S/C23H19IN2O3S2/c1-2-28-20-11-15(12-25-26-21(27)14-31-23(26)30)10-19(24)22(20)29-13-17-8-5-7-16-6-3-4-9-18(16)17/h3-12H,2,13-14H2,1H3/b25-12+. The molecule has 1 saturated heterocycles. The van der Waals surface area contributed by atoms with Gasteiger partial charge in [-0.25, -0.2) is 0 Å². The van der Waals surface area contributed by atoms with Crippen LogP contribution in [-0.4, -0.2) is 33.8 Å². The molecule has 3 aromatic carbocycles. The zero-order valence-electron chi connectivity index (χ0n) is 16.7. The van der Waals surface area contributed by atoms with E-state index in [9.17, 15) is 4.79 Å². The van der Waals surface area contributed by atoms with Gasteiger partial charge in [-0.2, -0.15) is 10.1 Å². The summed E-state index contributed by atoms with van der Waals surface area (Å²) < 4.78 is 13.4. The van der Waals surface area contributed by atoms with Crippen LogP contribution in [0.15, 0.2) is 59.7 Å². The molecule has 0 spiro atoms. The Morgan fingerprint density at radius 1 is 1.19 bits per heavy atom. The summed E-state index contributed by atoms with van der Waals surface area (Å²) >= 11 is 8.72. The number of hydrogen-bond acceptors (Lipinski definition) is 6. The van der Waals surface area contributed by atoms with Crippen molar-refractivity contribution in [1.82, 2.24) is 5.01 Å². The second-order valence-electron chi connectivity index (χ2n) is 6.69. The maximum Gasteiger partial charge on any atom is 0.259 e. The minimum absolute atomic E-state index is 0.110. The molecule has 0 bridgehead atoms. The average Bonchev–Trinajstić information content (AvgIpc) is 3.09. The molecular weight excluding hydrogens is 543 g/mol. The lowest BCUT2D eigenvalue weighted by Crippen LogP contribution is -2.22. The van der Waals surface area contributed by atoms with Crippen LogP contribution in [0, 0.1) is 3.57 Å². The Morgan fingerprint density at radius 3 is 2.77 bits per heavy atom. The number of thiocarbonyl (C=S) groups is 1. The highest BCUT2D eigenvalue weighted by Crippen LogP contribution is 2.35. The molecule has 0 unspecified atom stereocenters. The zero-order valence-corrected chi connectivity index (χ0v) is 20.5. The van der Waals surface area contributed by atoms with Crippen LogP contribution in [0.4, 0.5) is 0 Å². The smallest absolute Gasteiger partial charge is 0.259 e. The van der Waals surface area contributed by atoms with Crippen molar-refractivity contribution in [2.75, 3.05) is 12.4 Å². The van der Waals surface area contributed by atoms with Crippen LogP contribution in [0.3, 0.4) is 0 Å². The van der Waals surface area contributed by atoms with Gasteiger partial charge in [-0.1, -0.05) is 66.4 Å². The van der Waals surface area contributed by atoms with Crippen LogP contribution < -0.4 is 9.47 Å². The van der Waals surface area contributed by atoms with E-state index in [-0.39, 0.29) is 5.91 Å². The third-order valence-corrected chi connectivity index (χ3v) is 6.77. The van der Waals surface area contributed by atoms with Gasteiger partial charge in [0.2, 0.25) is 0 Å². The van der Waals surface area contributed by atoms with Gasteiger partial charge >= 0.3 is 0 Å². The van der Waals surface area contributed by atoms with E-state index in [4.69, 9.17) is 21.7 Å². The summed E-state index contributed by atoms with van der Waals surface area (Å²) in [5.41, 5.74) is 1.92. The molecule has 0 radical (unpaired) electrons. The third kappa shape index (κ3) is 5.02. The number of hydrazone groups is 1. The highest BCUT2D eigenvalue weighted by Gasteiger charge is 2.26. The van der Waals surface area contributed by atoms with Crippen molar-refractivity contribution in [3.8, 4) is 11.5 Å². The van der Waals surface area contributed by atoms with Crippen LogP contribution in [-0.2, 0) is 11.4 Å². The number of halogens is 1. The summed E-state index contributed by atoms with van der Waals surface area (Å²) in [5, 5.41) is 7.87. The second-order valence-corrected chi connectivity index (χ2v) is 9.47. The number of rotatable bonds is 7. The molecule has 0 aromatic heterocycles.